The van der Waals surface area contributed by atoms with Crippen molar-refractivity contribution >= 4 is 0 Å². The first-order valence-electron chi connectivity index (χ1n) is 4.01. The third kappa shape index (κ3) is 5.00. The van der Waals surface area contributed by atoms with Crippen LogP contribution >= 0.6 is 0 Å². The maximum Gasteiger partial charge on any atom is 0.121 e. The first kappa shape index (κ1) is 12.3. The van der Waals surface area contributed by atoms with Crippen molar-refractivity contribution in [1.82, 2.24) is 0 Å². The van der Waals surface area contributed by atoms with Gasteiger partial charge in [0.25, 0.3) is 0 Å². The van der Waals surface area contributed by atoms with E-state index in [1.165, 1.54) is 12.5 Å². The molecule has 14 heavy (non-hydrogen) atoms. The first-order valence-corrected chi connectivity index (χ1v) is 4.01. The van der Waals surface area contributed by atoms with Gasteiger partial charge in [-0.05, 0) is 6.07 Å². The van der Waals surface area contributed by atoms with E-state index in [2.05, 4.69) is 17.9 Å². The normalized spacial score (nSPS) is 8.07. The molecule has 1 aromatic carbocycles. The number of rotatable bonds is 3. The molecule has 0 unspecified atom stereocenters. The van der Waals surface area contributed by atoms with Crippen LogP contribution in [0, 0.1) is 0 Å². The van der Waals surface area contributed by atoms with E-state index in [1.807, 2.05) is 0 Å². The van der Waals surface area contributed by atoms with E-state index in [1.54, 1.807) is 24.3 Å². The zero-order valence-electron chi connectivity index (χ0n) is 7.89. The third-order valence-electron chi connectivity index (χ3n) is 1.35. The predicted octanol–water partition coefficient (Wildman–Crippen LogP) is 2.17. The van der Waals surface area contributed by atoms with Gasteiger partial charge >= 0.3 is 0 Å². The zero-order chi connectivity index (χ0) is 10.8. The highest BCUT2D eigenvalue weighted by atomic mass is 16.5. The summed E-state index contributed by atoms with van der Waals surface area (Å²) in [7, 11) is 0. The molecular formula is C11H14O3. The van der Waals surface area contributed by atoms with Gasteiger partial charge in [0.2, 0.25) is 0 Å². The monoisotopic (exact) mass is 194 g/mol. The molecule has 0 aliphatic heterocycles. The minimum absolute atomic E-state index is 0.104. The molecule has 76 valence electrons. The van der Waals surface area contributed by atoms with Crippen LogP contribution in [0.25, 0.3) is 0 Å². The highest BCUT2D eigenvalue weighted by molar-refractivity contribution is 5.30. The van der Waals surface area contributed by atoms with E-state index in [9.17, 15) is 0 Å². The van der Waals surface area contributed by atoms with Crippen LogP contribution in [0.4, 0.5) is 0 Å². The number of aliphatic hydroxyl groups is 1. The van der Waals surface area contributed by atoms with Gasteiger partial charge < -0.3 is 14.9 Å². The second-order valence-electron chi connectivity index (χ2n) is 2.26. The Morgan fingerprint density at radius 1 is 1.21 bits per heavy atom. The number of hydrogen-bond acceptors (Lipinski definition) is 3. The van der Waals surface area contributed by atoms with Gasteiger partial charge in [0.05, 0.1) is 19.1 Å². The zero-order valence-corrected chi connectivity index (χ0v) is 7.89. The molecule has 0 aliphatic rings. The Morgan fingerprint density at radius 3 is 2.07 bits per heavy atom. The summed E-state index contributed by atoms with van der Waals surface area (Å²) in [6.07, 6.45) is 2.62. The molecule has 3 nitrogen and oxygen atoms in total. The third-order valence-corrected chi connectivity index (χ3v) is 1.35. The number of ether oxygens (including phenoxy) is 1. The summed E-state index contributed by atoms with van der Waals surface area (Å²) < 4.78 is 4.36. The Bertz CT molecular complexity index is 276. The lowest BCUT2D eigenvalue weighted by molar-refractivity contribution is 0.275. The second-order valence-corrected chi connectivity index (χ2v) is 2.26. The van der Waals surface area contributed by atoms with Gasteiger partial charge in [0.1, 0.15) is 5.75 Å². The highest BCUT2D eigenvalue weighted by Gasteiger charge is 1.93. The molecule has 0 aliphatic carbocycles. The van der Waals surface area contributed by atoms with Crippen LogP contribution in [-0.4, -0.2) is 10.2 Å². The maximum atomic E-state index is 8.95. The van der Waals surface area contributed by atoms with Gasteiger partial charge in [0, 0.05) is 5.56 Å². The van der Waals surface area contributed by atoms with Crippen LogP contribution in [-0.2, 0) is 11.3 Å². The summed E-state index contributed by atoms with van der Waals surface area (Å²) in [4.78, 5) is 0. The van der Waals surface area contributed by atoms with Crippen LogP contribution in [0.5, 0.6) is 5.75 Å². The smallest absolute Gasteiger partial charge is 0.121 e. The summed E-state index contributed by atoms with van der Waals surface area (Å²) in [6, 6.07) is 6.71. The molecule has 0 atom stereocenters. The fourth-order valence-electron chi connectivity index (χ4n) is 0.713. The summed E-state index contributed by atoms with van der Waals surface area (Å²) in [6.45, 7) is 6.41. The molecule has 0 spiro atoms. The van der Waals surface area contributed by atoms with Gasteiger partial charge in [-0.25, -0.2) is 0 Å². The summed E-state index contributed by atoms with van der Waals surface area (Å²) >= 11 is 0. The van der Waals surface area contributed by atoms with Crippen molar-refractivity contribution in [2.24, 2.45) is 0 Å². The number of benzene rings is 1. The number of aliphatic hydroxyl groups excluding tert-OH is 1. The van der Waals surface area contributed by atoms with Gasteiger partial charge in [-0.15, -0.1) is 0 Å². The van der Waals surface area contributed by atoms with E-state index in [4.69, 9.17) is 10.2 Å². The topological polar surface area (TPSA) is 49.7 Å². The van der Waals surface area contributed by atoms with E-state index in [0.717, 1.165) is 0 Å². The van der Waals surface area contributed by atoms with Crippen LogP contribution in [0.1, 0.15) is 5.56 Å². The number of phenols is 1. The highest BCUT2D eigenvalue weighted by Crippen LogP contribution is 2.14. The lowest BCUT2D eigenvalue weighted by Gasteiger charge is -1.96. The van der Waals surface area contributed by atoms with E-state index >= 15 is 0 Å². The molecule has 3 heteroatoms. The molecule has 1 rings (SSSR count). The Balaban J connectivity index is 0.000000292. The quantitative estimate of drug-likeness (QED) is 0.725. The molecule has 2 N–H and O–H groups in total. The summed E-state index contributed by atoms with van der Waals surface area (Å²) in [5, 5.41) is 17.5. The van der Waals surface area contributed by atoms with Crippen molar-refractivity contribution in [2.75, 3.05) is 0 Å². The molecule has 0 fully saturated rings. The molecule has 0 bridgehead atoms. The minimum atomic E-state index is -0.104. The first-order chi connectivity index (χ1) is 6.76. The van der Waals surface area contributed by atoms with E-state index in [0.29, 0.717) is 5.56 Å². The van der Waals surface area contributed by atoms with Gasteiger partial charge in [0.15, 0.2) is 0 Å². The largest absolute Gasteiger partial charge is 0.508 e. The lowest BCUT2D eigenvalue weighted by atomic mass is 10.2. The van der Waals surface area contributed by atoms with Crippen molar-refractivity contribution in [2.45, 2.75) is 6.61 Å². The van der Waals surface area contributed by atoms with Crippen LogP contribution in [0.3, 0.4) is 0 Å². The number of para-hydroxylation sites is 1. The van der Waals surface area contributed by atoms with Crippen LogP contribution in [0.15, 0.2) is 49.9 Å². The predicted molar refractivity (Wildman–Crippen MR) is 55.5 cm³/mol. The number of hydrogen-bond donors (Lipinski definition) is 2. The molecule has 1 aromatic rings. The molecule has 0 saturated carbocycles. The summed E-state index contributed by atoms with van der Waals surface area (Å²) in [5.41, 5.74) is 0.567. The average Bonchev–Trinajstić information content (AvgIpc) is 2.21. The Labute approximate surface area is 83.6 Å². The van der Waals surface area contributed by atoms with Crippen LogP contribution < -0.4 is 0 Å². The molecule has 0 saturated heterocycles. The van der Waals surface area contributed by atoms with Crippen molar-refractivity contribution in [3.05, 3.63) is 55.5 Å². The molecular weight excluding hydrogens is 180 g/mol. The molecule has 0 aromatic heterocycles. The van der Waals surface area contributed by atoms with E-state index in [-0.39, 0.29) is 12.4 Å². The maximum absolute atomic E-state index is 8.95. The lowest BCUT2D eigenvalue weighted by Crippen LogP contribution is -1.80. The van der Waals surface area contributed by atoms with Crippen LogP contribution in [0.2, 0.25) is 0 Å². The Kier molecular flexibility index (Phi) is 6.91. The van der Waals surface area contributed by atoms with Crippen molar-refractivity contribution in [3.63, 3.8) is 0 Å². The SMILES string of the molecule is C=COC=C.OCc1ccccc1O. The Hall–Kier alpha value is -1.74. The standard InChI is InChI=1S/C7H8O2.C4H6O/c8-5-6-3-1-2-4-7(6)9;1-3-5-4-2/h1-4,8-9H,5H2;3-4H,1-2H2. The second kappa shape index (κ2) is 7.89. The minimum Gasteiger partial charge on any atom is -0.508 e. The molecule has 0 amide bonds. The molecule has 0 heterocycles. The van der Waals surface area contributed by atoms with Gasteiger partial charge in [-0.2, -0.15) is 0 Å². The van der Waals surface area contributed by atoms with Crippen molar-refractivity contribution in [1.29, 1.82) is 0 Å². The van der Waals surface area contributed by atoms with Gasteiger partial charge in [-0.1, -0.05) is 31.4 Å². The summed E-state index contributed by atoms with van der Waals surface area (Å²) in [5.74, 6) is 0.153. The fourth-order valence-corrected chi connectivity index (χ4v) is 0.713. The Morgan fingerprint density at radius 2 is 1.79 bits per heavy atom. The van der Waals surface area contributed by atoms with Crippen molar-refractivity contribution in [3.8, 4) is 5.75 Å². The number of aromatic hydroxyl groups is 1. The van der Waals surface area contributed by atoms with E-state index < -0.39 is 0 Å². The fraction of sp³-hybridized carbons (Fsp3) is 0.0909. The molecule has 0 radical (unpaired) electrons. The van der Waals surface area contributed by atoms with Gasteiger partial charge in [-0.3, -0.25) is 0 Å². The average molecular weight is 194 g/mol. The van der Waals surface area contributed by atoms with Crippen molar-refractivity contribution < 1.29 is 14.9 Å².